The Labute approximate surface area is 187 Å². The van der Waals surface area contributed by atoms with E-state index in [2.05, 4.69) is 10.1 Å². The van der Waals surface area contributed by atoms with Crippen molar-refractivity contribution in [1.82, 2.24) is 15.0 Å². The first-order valence-corrected chi connectivity index (χ1v) is 10.4. The number of alkyl halides is 3. The topological polar surface area (TPSA) is 59.2 Å². The van der Waals surface area contributed by atoms with E-state index in [1.165, 1.54) is 18.2 Å². The SMILES string of the molecule is O=C(C=Cc1ccccc1Cl)N1CCC(c2nc(-c3ccc(C(F)(F)F)cc3)no2)CC1. The zero-order chi connectivity index (χ0) is 22.7. The summed E-state index contributed by atoms with van der Waals surface area (Å²) in [4.78, 5) is 18.6. The molecule has 0 atom stereocenters. The number of hydrogen-bond acceptors (Lipinski definition) is 4. The molecule has 0 aliphatic carbocycles. The second kappa shape index (κ2) is 9.16. The summed E-state index contributed by atoms with van der Waals surface area (Å²) in [6, 6.07) is 11.9. The molecule has 0 N–H and O–H groups in total. The molecular weight excluding hydrogens is 443 g/mol. The van der Waals surface area contributed by atoms with Gasteiger partial charge in [0.2, 0.25) is 17.6 Å². The summed E-state index contributed by atoms with van der Waals surface area (Å²) in [6.07, 6.45) is 0.123. The molecule has 1 aliphatic heterocycles. The smallest absolute Gasteiger partial charge is 0.339 e. The van der Waals surface area contributed by atoms with Gasteiger partial charge in [-0.2, -0.15) is 18.2 Å². The van der Waals surface area contributed by atoms with Crippen molar-refractivity contribution in [3.8, 4) is 11.4 Å². The quantitative estimate of drug-likeness (QED) is 0.459. The molecule has 0 unspecified atom stereocenters. The molecule has 2 heterocycles. The number of carbonyl (C=O) groups excluding carboxylic acids is 1. The number of amides is 1. The van der Waals surface area contributed by atoms with Gasteiger partial charge in [0, 0.05) is 35.7 Å². The number of nitrogens with zero attached hydrogens (tertiary/aromatic N) is 3. The minimum absolute atomic E-state index is 0.0118. The highest BCUT2D eigenvalue weighted by Gasteiger charge is 2.30. The van der Waals surface area contributed by atoms with Crippen LogP contribution in [0.5, 0.6) is 0 Å². The highest BCUT2D eigenvalue weighted by atomic mass is 35.5. The third kappa shape index (κ3) is 5.02. The van der Waals surface area contributed by atoms with Gasteiger partial charge in [0.1, 0.15) is 0 Å². The maximum Gasteiger partial charge on any atom is 0.416 e. The van der Waals surface area contributed by atoms with Crippen molar-refractivity contribution in [2.24, 2.45) is 0 Å². The van der Waals surface area contributed by atoms with Crippen molar-refractivity contribution in [1.29, 1.82) is 0 Å². The minimum Gasteiger partial charge on any atom is -0.339 e. The molecule has 9 heteroatoms. The average molecular weight is 462 g/mol. The van der Waals surface area contributed by atoms with E-state index in [9.17, 15) is 18.0 Å². The van der Waals surface area contributed by atoms with Gasteiger partial charge < -0.3 is 9.42 Å². The lowest BCUT2D eigenvalue weighted by Gasteiger charge is -2.29. The van der Waals surface area contributed by atoms with E-state index in [0.717, 1.165) is 17.7 Å². The van der Waals surface area contributed by atoms with Gasteiger partial charge in [0.25, 0.3) is 0 Å². The molecular formula is C23H19ClF3N3O2. The molecule has 4 rings (SSSR count). The molecule has 0 spiro atoms. The molecule has 0 saturated carbocycles. The molecule has 2 aromatic carbocycles. The molecule has 1 amide bonds. The zero-order valence-corrected chi connectivity index (χ0v) is 17.6. The van der Waals surface area contributed by atoms with Crippen LogP contribution in [0.25, 0.3) is 17.5 Å². The Morgan fingerprint density at radius 1 is 1.09 bits per heavy atom. The number of rotatable bonds is 4. The second-order valence-corrected chi connectivity index (χ2v) is 7.89. The fraction of sp³-hybridized carbons (Fsp3) is 0.261. The highest BCUT2D eigenvalue weighted by molar-refractivity contribution is 6.32. The number of likely N-dealkylation sites (tertiary alicyclic amines) is 1. The Hall–Kier alpha value is -3.13. The van der Waals surface area contributed by atoms with Crippen molar-refractivity contribution >= 4 is 23.6 Å². The third-order valence-corrected chi connectivity index (χ3v) is 5.72. The van der Waals surface area contributed by atoms with Crippen LogP contribution in [-0.4, -0.2) is 34.0 Å². The fourth-order valence-electron chi connectivity index (χ4n) is 3.55. The summed E-state index contributed by atoms with van der Waals surface area (Å²) in [7, 11) is 0. The summed E-state index contributed by atoms with van der Waals surface area (Å²) in [5, 5.41) is 4.49. The molecule has 32 heavy (non-hydrogen) atoms. The summed E-state index contributed by atoms with van der Waals surface area (Å²) in [5.41, 5.74) is 0.495. The Balaban J connectivity index is 1.35. The van der Waals surface area contributed by atoms with Gasteiger partial charge >= 0.3 is 6.18 Å². The molecule has 3 aromatic rings. The van der Waals surface area contributed by atoms with Crippen LogP contribution in [0, 0.1) is 0 Å². The predicted molar refractivity (Wildman–Crippen MR) is 114 cm³/mol. The van der Waals surface area contributed by atoms with Gasteiger partial charge in [0.05, 0.1) is 5.56 Å². The lowest BCUT2D eigenvalue weighted by atomic mass is 9.96. The third-order valence-electron chi connectivity index (χ3n) is 5.38. The van der Waals surface area contributed by atoms with E-state index >= 15 is 0 Å². The average Bonchev–Trinajstić information content (AvgIpc) is 3.28. The van der Waals surface area contributed by atoms with Crippen LogP contribution in [0.3, 0.4) is 0 Å². The second-order valence-electron chi connectivity index (χ2n) is 7.49. The van der Waals surface area contributed by atoms with E-state index in [1.807, 2.05) is 18.2 Å². The Morgan fingerprint density at radius 2 is 1.78 bits per heavy atom. The van der Waals surface area contributed by atoms with E-state index in [-0.39, 0.29) is 17.6 Å². The lowest BCUT2D eigenvalue weighted by molar-refractivity contribution is -0.137. The summed E-state index contributed by atoms with van der Waals surface area (Å²) < 4.78 is 43.5. The van der Waals surface area contributed by atoms with Crippen molar-refractivity contribution < 1.29 is 22.5 Å². The first-order chi connectivity index (χ1) is 15.3. The van der Waals surface area contributed by atoms with E-state index in [1.54, 1.807) is 17.0 Å². The number of benzene rings is 2. The van der Waals surface area contributed by atoms with Crippen LogP contribution in [0.2, 0.25) is 5.02 Å². The van der Waals surface area contributed by atoms with Gasteiger partial charge in [0.15, 0.2) is 0 Å². The molecule has 1 saturated heterocycles. The predicted octanol–water partition coefficient (Wildman–Crippen LogP) is 5.83. The maximum atomic E-state index is 12.7. The van der Waals surface area contributed by atoms with Crippen LogP contribution in [0.4, 0.5) is 13.2 Å². The normalized spacial score (nSPS) is 15.4. The van der Waals surface area contributed by atoms with Crippen LogP contribution in [0.1, 0.15) is 35.8 Å². The molecule has 1 aromatic heterocycles. The van der Waals surface area contributed by atoms with Crippen molar-refractivity contribution in [3.05, 3.63) is 76.6 Å². The lowest BCUT2D eigenvalue weighted by Crippen LogP contribution is -2.36. The molecule has 1 aliphatic rings. The van der Waals surface area contributed by atoms with Crippen LogP contribution < -0.4 is 0 Å². The molecule has 5 nitrogen and oxygen atoms in total. The summed E-state index contributed by atoms with van der Waals surface area (Å²) in [6.45, 7) is 1.07. The van der Waals surface area contributed by atoms with Gasteiger partial charge in [-0.15, -0.1) is 0 Å². The van der Waals surface area contributed by atoms with Crippen LogP contribution in [-0.2, 0) is 11.0 Å². The number of aromatic nitrogens is 2. The monoisotopic (exact) mass is 461 g/mol. The fourth-order valence-corrected chi connectivity index (χ4v) is 3.75. The molecule has 166 valence electrons. The van der Waals surface area contributed by atoms with Crippen molar-refractivity contribution in [3.63, 3.8) is 0 Å². The van der Waals surface area contributed by atoms with Gasteiger partial charge in [-0.1, -0.05) is 47.1 Å². The Bertz CT molecular complexity index is 1120. The van der Waals surface area contributed by atoms with E-state index in [0.29, 0.717) is 42.4 Å². The summed E-state index contributed by atoms with van der Waals surface area (Å²) in [5.74, 6) is 0.565. The number of hydrogen-bond donors (Lipinski definition) is 0. The van der Waals surface area contributed by atoms with Crippen LogP contribution >= 0.6 is 11.6 Å². The van der Waals surface area contributed by atoms with Crippen LogP contribution in [0.15, 0.2) is 59.1 Å². The minimum atomic E-state index is -4.39. The van der Waals surface area contributed by atoms with Gasteiger partial charge in [-0.3, -0.25) is 4.79 Å². The first-order valence-electron chi connectivity index (χ1n) is 10.0. The Morgan fingerprint density at radius 3 is 2.44 bits per heavy atom. The Kier molecular flexibility index (Phi) is 6.32. The van der Waals surface area contributed by atoms with Crippen molar-refractivity contribution in [2.75, 3.05) is 13.1 Å². The first kappa shape index (κ1) is 22.1. The molecule has 0 bridgehead atoms. The van der Waals surface area contributed by atoms with Gasteiger partial charge in [-0.25, -0.2) is 0 Å². The number of piperidine rings is 1. The summed E-state index contributed by atoms with van der Waals surface area (Å²) >= 11 is 6.10. The molecule has 0 radical (unpaired) electrons. The van der Waals surface area contributed by atoms with Crippen molar-refractivity contribution in [2.45, 2.75) is 24.9 Å². The number of halogens is 4. The highest BCUT2D eigenvalue weighted by Crippen LogP contribution is 2.32. The maximum absolute atomic E-state index is 12.7. The van der Waals surface area contributed by atoms with E-state index in [4.69, 9.17) is 16.1 Å². The van der Waals surface area contributed by atoms with Gasteiger partial charge in [-0.05, 0) is 42.7 Å². The largest absolute Gasteiger partial charge is 0.416 e. The standard InChI is InChI=1S/C23H19ClF3N3O2/c24-19-4-2-1-3-15(19)7-10-20(31)30-13-11-17(12-14-30)22-28-21(29-32-22)16-5-8-18(9-6-16)23(25,26)27/h1-10,17H,11-14H2. The molecule has 1 fully saturated rings. The van der Waals surface area contributed by atoms with E-state index < -0.39 is 11.7 Å². The zero-order valence-electron chi connectivity index (χ0n) is 16.8. The number of carbonyl (C=O) groups is 1.